The molecule has 0 aromatic heterocycles. The summed E-state index contributed by atoms with van der Waals surface area (Å²) < 4.78 is 5.36. The van der Waals surface area contributed by atoms with Crippen LogP contribution in [-0.2, 0) is 22.5 Å². The molecule has 6 heteroatoms. The van der Waals surface area contributed by atoms with E-state index < -0.39 is 0 Å². The molecule has 1 saturated heterocycles. The molecular formula is C17H22N2O3S. The van der Waals surface area contributed by atoms with Crippen LogP contribution in [0.5, 0.6) is 0 Å². The average Bonchev–Trinajstić information content (AvgIpc) is 3.07. The maximum absolute atomic E-state index is 12.2. The van der Waals surface area contributed by atoms with Gasteiger partial charge in [-0.1, -0.05) is 24.3 Å². The van der Waals surface area contributed by atoms with Crippen LogP contribution in [0.1, 0.15) is 24.0 Å². The van der Waals surface area contributed by atoms with Gasteiger partial charge in [-0.2, -0.15) is 11.8 Å². The molecule has 1 aromatic carbocycles. The summed E-state index contributed by atoms with van der Waals surface area (Å²) in [5.41, 5.74) is 2.52. The van der Waals surface area contributed by atoms with Crippen molar-refractivity contribution in [3.63, 3.8) is 0 Å². The molecule has 1 aromatic rings. The quantitative estimate of drug-likeness (QED) is 0.858. The van der Waals surface area contributed by atoms with Crippen LogP contribution in [0.3, 0.4) is 0 Å². The van der Waals surface area contributed by atoms with Crippen molar-refractivity contribution >= 4 is 23.8 Å². The number of hydrogen-bond acceptors (Lipinski definition) is 4. The number of urea groups is 1. The van der Waals surface area contributed by atoms with Crippen LogP contribution in [0.4, 0.5) is 4.79 Å². The van der Waals surface area contributed by atoms with E-state index in [4.69, 9.17) is 4.74 Å². The second-order valence-corrected chi connectivity index (χ2v) is 7.05. The summed E-state index contributed by atoms with van der Waals surface area (Å²) in [4.78, 5) is 25.7. The van der Waals surface area contributed by atoms with Gasteiger partial charge in [-0.3, -0.25) is 4.79 Å². The molecule has 5 nitrogen and oxygen atoms in total. The van der Waals surface area contributed by atoms with Crippen molar-refractivity contribution in [1.82, 2.24) is 10.2 Å². The number of carbonyl (C=O) groups is 2. The standard InChI is InChI=1S/C17H22N2O3S/c20-16(22-15-7-10-23-12-15)5-8-18-17(21)19-9-6-13-3-1-2-4-14(13)11-19/h1-4,15H,5-12H2,(H,18,21). The Balaban J connectivity index is 1.39. The molecule has 2 aliphatic rings. The Morgan fingerprint density at radius 1 is 1.30 bits per heavy atom. The van der Waals surface area contributed by atoms with Crippen LogP contribution < -0.4 is 5.32 Å². The fraction of sp³-hybridized carbons (Fsp3) is 0.529. The topological polar surface area (TPSA) is 58.6 Å². The molecule has 2 amide bonds. The third kappa shape index (κ3) is 4.41. The lowest BCUT2D eigenvalue weighted by molar-refractivity contribution is -0.147. The Hall–Kier alpha value is -1.69. The maximum Gasteiger partial charge on any atom is 0.317 e. The number of carbonyl (C=O) groups excluding carboxylic acids is 2. The Morgan fingerprint density at radius 2 is 2.13 bits per heavy atom. The minimum Gasteiger partial charge on any atom is -0.461 e. The van der Waals surface area contributed by atoms with Gasteiger partial charge < -0.3 is 15.0 Å². The van der Waals surface area contributed by atoms with E-state index in [9.17, 15) is 9.59 Å². The zero-order valence-electron chi connectivity index (χ0n) is 13.1. The third-order valence-electron chi connectivity index (χ3n) is 4.21. The molecule has 0 aliphatic carbocycles. The van der Waals surface area contributed by atoms with E-state index in [0.29, 0.717) is 19.6 Å². The summed E-state index contributed by atoms with van der Waals surface area (Å²) in [6.45, 7) is 1.67. The highest BCUT2D eigenvalue weighted by molar-refractivity contribution is 7.99. The van der Waals surface area contributed by atoms with Crippen LogP contribution in [0.25, 0.3) is 0 Å². The molecule has 3 rings (SSSR count). The molecule has 1 N–H and O–H groups in total. The second kappa shape index (κ2) is 7.73. The first-order valence-electron chi connectivity index (χ1n) is 8.09. The van der Waals surface area contributed by atoms with Gasteiger partial charge in [-0.05, 0) is 29.7 Å². The lowest BCUT2D eigenvalue weighted by Gasteiger charge is -2.28. The van der Waals surface area contributed by atoms with Crippen molar-refractivity contribution in [1.29, 1.82) is 0 Å². The second-order valence-electron chi connectivity index (χ2n) is 5.90. The molecule has 124 valence electrons. The number of hydrogen-bond donors (Lipinski definition) is 1. The van der Waals surface area contributed by atoms with Crippen LogP contribution in [-0.4, -0.2) is 47.6 Å². The first-order chi connectivity index (χ1) is 11.2. The lowest BCUT2D eigenvalue weighted by atomic mass is 10.0. The minimum atomic E-state index is -0.221. The van der Waals surface area contributed by atoms with Gasteiger partial charge in [-0.25, -0.2) is 4.79 Å². The van der Waals surface area contributed by atoms with E-state index in [-0.39, 0.29) is 24.5 Å². The molecular weight excluding hydrogens is 312 g/mol. The number of benzene rings is 1. The van der Waals surface area contributed by atoms with Crippen molar-refractivity contribution in [2.75, 3.05) is 24.6 Å². The van der Waals surface area contributed by atoms with Gasteiger partial charge in [0, 0.05) is 25.4 Å². The Bertz CT molecular complexity index is 573. The predicted molar refractivity (Wildman–Crippen MR) is 90.4 cm³/mol. The summed E-state index contributed by atoms with van der Waals surface area (Å²) in [5.74, 6) is 1.73. The smallest absolute Gasteiger partial charge is 0.317 e. The maximum atomic E-state index is 12.2. The van der Waals surface area contributed by atoms with Gasteiger partial charge in [0.25, 0.3) is 0 Å². The van der Waals surface area contributed by atoms with Gasteiger partial charge in [0.1, 0.15) is 6.10 Å². The number of esters is 1. The first kappa shape index (κ1) is 16.2. The van der Waals surface area contributed by atoms with Gasteiger partial charge in [0.2, 0.25) is 0 Å². The molecule has 2 aliphatic heterocycles. The Kier molecular flexibility index (Phi) is 5.43. The number of nitrogens with zero attached hydrogens (tertiary/aromatic N) is 1. The number of fused-ring (bicyclic) bond motifs is 1. The van der Waals surface area contributed by atoms with Crippen molar-refractivity contribution < 1.29 is 14.3 Å². The van der Waals surface area contributed by atoms with Crippen molar-refractivity contribution in [3.8, 4) is 0 Å². The monoisotopic (exact) mass is 334 g/mol. The number of nitrogens with one attached hydrogen (secondary N) is 1. The molecule has 23 heavy (non-hydrogen) atoms. The van der Waals surface area contributed by atoms with Crippen LogP contribution in [0.15, 0.2) is 24.3 Å². The SMILES string of the molecule is O=C(CCNC(=O)N1CCc2ccccc2C1)OC1CCSC1. The summed E-state index contributed by atoms with van der Waals surface area (Å²) in [7, 11) is 0. The van der Waals surface area contributed by atoms with E-state index in [1.54, 1.807) is 4.90 Å². The van der Waals surface area contributed by atoms with E-state index in [1.807, 2.05) is 23.9 Å². The van der Waals surface area contributed by atoms with E-state index >= 15 is 0 Å². The van der Waals surface area contributed by atoms with Crippen LogP contribution in [0, 0.1) is 0 Å². The highest BCUT2D eigenvalue weighted by Gasteiger charge is 2.21. The fourth-order valence-corrected chi connectivity index (χ4v) is 4.00. The van der Waals surface area contributed by atoms with Crippen molar-refractivity contribution in [3.05, 3.63) is 35.4 Å². The Morgan fingerprint density at radius 3 is 2.91 bits per heavy atom. The molecule has 0 radical (unpaired) electrons. The molecule has 1 fully saturated rings. The van der Waals surface area contributed by atoms with Gasteiger partial charge >= 0.3 is 12.0 Å². The normalized spacial score (nSPS) is 20.0. The number of rotatable bonds is 4. The minimum absolute atomic E-state index is 0.0572. The summed E-state index contributed by atoms with van der Waals surface area (Å²) in [6, 6.07) is 8.09. The van der Waals surface area contributed by atoms with Crippen LogP contribution in [0.2, 0.25) is 0 Å². The molecule has 1 atom stereocenters. The Labute approximate surface area is 140 Å². The highest BCUT2D eigenvalue weighted by Crippen LogP contribution is 2.20. The summed E-state index contributed by atoms with van der Waals surface area (Å²) in [5, 5.41) is 2.82. The molecule has 0 spiro atoms. The molecule has 2 heterocycles. The lowest BCUT2D eigenvalue weighted by Crippen LogP contribution is -2.43. The summed E-state index contributed by atoms with van der Waals surface area (Å²) in [6.07, 6.45) is 2.11. The van der Waals surface area contributed by atoms with Gasteiger partial charge in [0.15, 0.2) is 0 Å². The van der Waals surface area contributed by atoms with Crippen molar-refractivity contribution in [2.24, 2.45) is 0 Å². The summed E-state index contributed by atoms with van der Waals surface area (Å²) >= 11 is 1.81. The zero-order chi connectivity index (χ0) is 16.1. The molecule has 0 saturated carbocycles. The highest BCUT2D eigenvalue weighted by atomic mass is 32.2. The van der Waals surface area contributed by atoms with Crippen LogP contribution >= 0.6 is 11.8 Å². The largest absolute Gasteiger partial charge is 0.461 e. The van der Waals surface area contributed by atoms with Crippen molar-refractivity contribution in [2.45, 2.75) is 31.9 Å². The zero-order valence-corrected chi connectivity index (χ0v) is 13.9. The fourth-order valence-electron chi connectivity index (χ4n) is 2.90. The van der Waals surface area contributed by atoms with E-state index in [2.05, 4.69) is 17.4 Å². The number of ether oxygens (including phenoxy) is 1. The van der Waals surface area contributed by atoms with E-state index in [1.165, 1.54) is 11.1 Å². The van der Waals surface area contributed by atoms with Gasteiger partial charge in [-0.15, -0.1) is 0 Å². The predicted octanol–water partition coefficient (Wildman–Crippen LogP) is 2.19. The number of thioether (sulfide) groups is 1. The molecule has 0 bridgehead atoms. The average molecular weight is 334 g/mol. The van der Waals surface area contributed by atoms with E-state index in [0.717, 1.165) is 24.3 Å². The number of amides is 2. The first-order valence-corrected chi connectivity index (χ1v) is 9.24. The van der Waals surface area contributed by atoms with Gasteiger partial charge in [0.05, 0.1) is 6.42 Å². The molecule has 1 unspecified atom stereocenters. The third-order valence-corrected chi connectivity index (χ3v) is 5.34.